The van der Waals surface area contributed by atoms with E-state index in [1.165, 1.54) is 0 Å². The molecule has 0 aromatic heterocycles. The van der Waals surface area contributed by atoms with Gasteiger partial charge in [0.1, 0.15) is 0 Å². The van der Waals surface area contributed by atoms with Crippen LogP contribution in [-0.4, -0.2) is 16.6 Å². The highest BCUT2D eigenvalue weighted by atomic mass is 35.5. The lowest BCUT2D eigenvalue weighted by molar-refractivity contribution is 0.792. The van der Waals surface area contributed by atoms with Crippen LogP contribution in [0, 0.1) is 0 Å². The van der Waals surface area contributed by atoms with Gasteiger partial charge in [-0.1, -0.05) is 36.5 Å². The van der Waals surface area contributed by atoms with Crippen molar-refractivity contribution in [1.29, 1.82) is 0 Å². The molecule has 0 aromatic rings. The van der Waals surface area contributed by atoms with Crippen molar-refractivity contribution in [1.82, 2.24) is 0 Å². The van der Waals surface area contributed by atoms with E-state index in [-0.39, 0.29) is 0 Å². The smallest absolute Gasteiger partial charge is 0.155 e. The first kappa shape index (κ1) is 9.34. The quantitative estimate of drug-likeness (QED) is 0.611. The molecule has 64 valence electrons. The van der Waals surface area contributed by atoms with E-state index in [1.807, 2.05) is 0 Å². The van der Waals surface area contributed by atoms with Crippen molar-refractivity contribution in [3.8, 4) is 0 Å². The number of rotatable bonds is 3. The number of alkyl halides is 2. The SMILES string of the molecule is CCCC(Cl)(Cl)C1=NCCC1. The molecule has 0 amide bonds. The van der Waals surface area contributed by atoms with Gasteiger partial charge in [-0.2, -0.15) is 0 Å². The molecule has 0 atom stereocenters. The van der Waals surface area contributed by atoms with Crippen molar-refractivity contribution in [3.05, 3.63) is 0 Å². The summed E-state index contributed by atoms with van der Waals surface area (Å²) in [4.78, 5) is 4.28. The fraction of sp³-hybridized carbons (Fsp3) is 0.875. The fourth-order valence-electron chi connectivity index (χ4n) is 1.30. The van der Waals surface area contributed by atoms with Gasteiger partial charge in [0.2, 0.25) is 0 Å². The van der Waals surface area contributed by atoms with Crippen LogP contribution in [0.25, 0.3) is 0 Å². The number of nitrogens with zero attached hydrogens (tertiary/aromatic N) is 1. The molecule has 0 bridgehead atoms. The van der Waals surface area contributed by atoms with Crippen molar-refractivity contribution in [2.24, 2.45) is 4.99 Å². The van der Waals surface area contributed by atoms with Gasteiger partial charge >= 0.3 is 0 Å². The largest absolute Gasteiger partial charge is 0.291 e. The summed E-state index contributed by atoms with van der Waals surface area (Å²) in [6.07, 6.45) is 3.91. The molecule has 1 aliphatic heterocycles. The van der Waals surface area contributed by atoms with E-state index in [9.17, 15) is 0 Å². The summed E-state index contributed by atoms with van der Waals surface area (Å²) >= 11 is 12.2. The zero-order chi connectivity index (χ0) is 8.32. The molecule has 1 nitrogen and oxygen atoms in total. The number of hydrogen-bond acceptors (Lipinski definition) is 1. The highest BCUT2D eigenvalue weighted by Gasteiger charge is 2.30. The van der Waals surface area contributed by atoms with Crippen molar-refractivity contribution in [2.45, 2.75) is 36.9 Å². The summed E-state index contributed by atoms with van der Waals surface area (Å²) in [7, 11) is 0. The Morgan fingerprint density at radius 1 is 1.55 bits per heavy atom. The molecule has 0 aromatic carbocycles. The molecule has 1 heterocycles. The lowest BCUT2D eigenvalue weighted by Crippen LogP contribution is -2.23. The predicted molar refractivity (Wildman–Crippen MR) is 50.9 cm³/mol. The third-order valence-electron chi connectivity index (χ3n) is 1.86. The molecule has 0 aliphatic carbocycles. The lowest BCUT2D eigenvalue weighted by Gasteiger charge is -2.18. The number of halogens is 2. The van der Waals surface area contributed by atoms with Crippen LogP contribution >= 0.6 is 23.2 Å². The van der Waals surface area contributed by atoms with Gasteiger partial charge in [-0.15, -0.1) is 0 Å². The maximum absolute atomic E-state index is 6.08. The summed E-state index contributed by atoms with van der Waals surface area (Å²) in [5, 5.41) is 0. The highest BCUT2D eigenvalue weighted by Crippen LogP contribution is 2.32. The van der Waals surface area contributed by atoms with Gasteiger partial charge in [-0.05, 0) is 19.3 Å². The van der Waals surface area contributed by atoms with Crippen molar-refractivity contribution < 1.29 is 0 Å². The zero-order valence-electron chi connectivity index (χ0n) is 6.74. The van der Waals surface area contributed by atoms with Crippen LogP contribution in [-0.2, 0) is 0 Å². The normalized spacial score (nSPS) is 18.6. The van der Waals surface area contributed by atoms with E-state index in [0.717, 1.165) is 37.9 Å². The summed E-state index contributed by atoms with van der Waals surface area (Å²) in [5.74, 6) is 0. The summed E-state index contributed by atoms with van der Waals surface area (Å²) in [6.45, 7) is 2.98. The van der Waals surface area contributed by atoms with E-state index in [0.29, 0.717) is 0 Å². The Balaban J connectivity index is 2.55. The Bertz CT molecular complexity index is 163. The summed E-state index contributed by atoms with van der Waals surface area (Å²) < 4.78 is -0.675. The molecular weight excluding hydrogens is 181 g/mol. The summed E-state index contributed by atoms with van der Waals surface area (Å²) in [6, 6.07) is 0. The molecule has 0 N–H and O–H groups in total. The molecule has 1 rings (SSSR count). The minimum absolute atomic E-state index is 0.675. The third kappa shape index (κ3) is 2.34. The van der Waals surface area contributed by atoms with E-state index >= 15 is 0 Å². The van der Waals surface area contributed by atoms with E-state index in [4.69, 9.17) is 23.2 Å². The Labute approximate surface area is 77.8 Å². The maximum atomic E-state index is 6.08. The van der Waals surface area contributed by atoms with Crippen LogP contribution in [0.1, 0.15) is 32.6 Å². The monoisotopic (exact) mass is 193 g/mol. The van der Waals surface area contributed by atoms with Gasteiger partial charge in [-0.25, -0.2) is 0 Å². The molecule has 0 radical (unpaired) electrons. The second-order valence-electron chi connectivity index (χ2n) is 2.89. The van der Waals surface area contributed by atoms with Crippen molar-refractivity contribution in [2.75, 3.05) is 6.54 Å². The van der Waals surface area contributed by atoms with Gasteiger partial charge in [0.15, 0.2) is 4.33 Å². The van der Waals surface area contributed by atoms with Gasteiger partial charge < -0.3 is 0 Å². The van der Waals surface area contributed by atoms with Gasteiger partial charge in [0.25, 0.3) is 0 Å². The Morgan fingerprint density at radius 2 is 2.27 bits per heavy atom. The molecule has 3 heteroatoms. The Kier molecular flexibility index (Phi) is 3.20. The van der Waals surface area contributed by atoms with Crippen molar-refractivity contribution >= 4 is 28.9 Å². The number of aliphatic imine (C=N–C) groups is 1. The molecule has 0 saturated carbocycles. The standard InChI is InChI=1S/C8H13Cl2N/c1-2-5-8(9,10)7-4-3-6-11-7/h2-6H2,1H3. The lowest BCUT2D eigenvalue weighted by atomic mass is 10.1. The van der Waals surface area contributed by atoms with Crippen molar-refractivity contribution in [3.63, 3.8) is 0 Å². The first-order chi connectivity index (χ1) is 5.17. The second-order valence-corrected chi connectivity index (χ2v) is 4.37. The van der Waals surface area contributed by atoms with Crippen LogP contribution in [0.4, 0.5) is 0 Å². The topological polar surface area (TPSA) is 12.4 Å². The van der Waals surface area contributed by atoms with Crippen LogP contribution in [0.15, 0.2) is 4.99 Å². The van der Waals surface area contributed by atoms with E-state index in [1.54, 1.807) is 0 Å². The van der Waals surface area contributed by atoms with E-state index in [2.05, 4.69) is 11.9 Å². The third-order valence-corrected chi connectivity index (χ3v) is 2.67. The molecule has 0 unspecified atom stereocenters. The molecule has 0 fully saturated rings. The average Bonchev–Trinajstić information content (AvgIpc) is 2.37. The van der Waals surface area contributed by atoms with Gasteiger partial charge in [-0.3, -0.25) is 4.99 Å². The minimum Gasteiger partial charge on any atom is -0.291 e. The number of hydrogen-bond donors (Lipinski definition) is 0. The fourth-order valence-corrected chi connectivity index (χ4v) is 1.98. The Hall–Kier alpha value is 0.250. The zero-order valence-corrected chi connectivity index (χ0v) is 8.25. The van der Waals surface area contributed by atoms with Crippen LogP contribution in [0.3, 0.4) is 0 Å². The van der Waals surface area contributed by atoms with Gasteiger partial charge in [0, 0.05) is 12.3 Å². The molecule has 11 heavy (non-hydrogen) atoms. The highest BCUT2D eigenvalue weighted by molar-refractivity contribution is 6.59. The average molecular weight is 194 g/mol. The Morgan fingerprint density at radius 3 is 2.73 bits per heavy atom. The molecule has 0 spiro atoms. The molecule has 1 aliphatic rings. The van der Waals surface area contributed by atoms with E-state index < -0.39 is 4.33 Å². The first-order valence-electron chi connectivity index (χ1n) is 4.08. The maximum Gasteiger partial charge on any atom is 0.155 e. The second kappa shape index (κ2) is 3.77. The van der Waals surface area contributed by atoms with Crippen LogP contribution in [0.2, 0.25) is 0 Å². The summed E-state index contributed by atoms with van der Waals surface area (Å²) in [5.41, 5.74) is 0.989. The first-order valence-corrected chi connectivity index (χ1v) is 4.84. The predicted octanol–water partition coefficient (Wildman–Crippen LogP) is 3.20. The van der Waals surface area contributed by atoms with Crippen LogP contribution < -0.4 is 0 Å². The van der Waals surface area contributed by atoms with Crippen LogP contribution in [0.5, 0.6) is 0 Å². The molecular formula is C8H13Cl2N. The van der Waals surface area contributed by atoms with Gasteiger partial charge in [0.05, 0.1) is 0 Å². The minimum atomic E-state index is -0.675. The molecule has 0 saturated heterocycles.